The minimum atomic E-state index is 0.0666. The Kier molecular flexibility index (Phi) is 2.79. The van der Waals surface area contributed by atoms with Crippen LogP contribution in [0, 0.1) is 0 Å². The average molecular weight is 200 g/mol. The van der Waals surface area contributed by atoms with Gasteiger partial charge in [0.1, 0.15) is 13.7 Å². The summed E-state index contributed by atoms with van der Waals surface area (Å²) in [5.41, 5.74) is 3.22. The molecular formula is C13H14NO+. The maximum absolute atomic E-state index is 9.17. The topological polar surface area (TPSA) is 24.1 Å². The van der Waals surface area contributed by atoms with Crippen LogP contribution in [0.2, 0.25) is 0 Å². The number of nitrogens with zero attached hydrogens (tertiary/aromatic N) is 1. The smallest absolute Gasteiger partial charge is 0.207 e. The third-order valence-corrected chi connectivity index (χ3v) is 2.52. The standard InChI is InChI=1S/C13H14NO/c1-14-8-7-12(9-13(14)10-15)11-5-3-2-4-6-11/h2-9,15H,10H2,1H3/q+1. The number of aliphatic hydroxyl groups is 1. The maximum Gasteiger partial charge on any atom is 0.207 e. The molecule has 2 aromatic rings. The van der Waals surface area contributed by atoms with Gasteiger partial charge in [0.25, 0.3) is 0 Å². The molecular weight excluding hydrogens is 186 g/mol. The summed E-state index contributed by atoms with van der Waals surface area (Å²) in [5.74, 6) is 0. The number of aliphatic hydroxyl groups excluding tert-OH is 1. The zero-order valence-electron chi connectivity index (χ0n) is 8.72. The van der Waals surface area contributed by atoms with Gasteiger partial charge >= 0.3 is 0 Å². The molecule has 0 saturated heterocycles. The van der Waals surface area contributed by atoms with Crippen LogP contribution in [0.5, 0.6) is 0 Å². The summed E-state index contributed by atoms with van der Waals surface area (Å²) in [6.45, 7) is 0.0666. The highest BCUT2D eigenvalue weighted by Crippen LogP contribution is 2.17. The molecule has 0 aliphatic heterocycles. The normalized spacial score (nSPS) is 10.3. The Hall–Kier alpha value is -1.67. The number of hydrogen-bond donors (Lipinski definition) is 1. The molecule has 0 saturated carbocycles. The van der Waals surface area contributed by atoms with Gasteiger partial charge in [-0.15, -0.1) is 0 Å². The Bertz CT molecular complexity index is 451. The molecule has 0 aliphatic carbocycles. The molecule has 0 unspecified atom stereocenters. The summed E-state index contributed by atoms with van der Waals surface area (Å²) in [6.07, 6.45) is 1.97. The fourth-order valence-corrected chi connectivity index (χ4v) is 1.58. The van der Waals surface area contributed by atoms with Crippen LogP contribution >= 0.6 is 0 Å². The van der Waals surface area contributed by atoms with Gasteiger partial charge in [0, 0.05) is 12.1 Å². The Morgan fingerprint density at radius 2 is 1.80 bits per heavy atom. The van der Waals surface area contributed by atoms with E-state index in [0.717, 1.165) is 11.3 Å². The van der Waals surface area contributed by atoms with E-state index in [1.165, 1.54) is 5.56 Å². The van der Waals surface area contributed by atoms with E-state index in [4.69, 9.17) is 5.11 Å². The number of aromatic nitrogens is 1. The van der Waals surface area contributed by atoms with E-state index < -0.39 is 0 Å². The van der Waals surface area contributed by atoms with Crippen molar-refractivity contribution in [3.05, 3.63) is 54.4 Å². The minimum absolute atomic E-state index is 0.0666. The van der Waals surface area contributed by atoms with Gasteiger partial charge in [-0.3, -0.25) is 0 Å². The summed E-state index contributed by atoms with van der Waals surface area (Å²) in [6, 6.07) is 14.2. The average Bonchev–Trinajstić information content (AvgIpc) is 2.31. The minimum Gasteiger partial charge on any atom is -0.385 e. The predicted molar refractivity (Wildman–Crippen MR) is 59.0 cm³/mol. The first-order valence-corrected chi connectivity index (χ1v) is 4.96. The van der Waals surface area contributed by atoms with Crippen LogP contribution < -0.4 is 4.57 Å². The number of rotatable bonds is 2. The van der Waals surface area contributed by atoms with Crippen LogP contribution in [-0.2, 0) is 13.7 Å². The van der Waals surface area contributed by atoms with E-state index in [2.05, 4.69) is 18.2 Å². The number of hydrogen-bond acceptors (Lipinski definition) is 1. The Morgan fingerprint density at radius 3 is 2.47 bits per heavy atom. The molecule has 0 aliphatic rings. The molecule has 2 heteroatoms. The Morgan fingerprint density at radius 1 is 1.07 bits per heavy atom. The predicted octanol–water partition coefficient (Wildman–Crippen LogP) is 1.67. The molecule has 0 amide bonds. The van der Waals surface area contributed by atoms with Crippen LogP contribution in [0.3, 0.4) is 0 Å². The fourth-order valence-electron chi connectivity index (χ4n) is 1.58. The second kappa shape index (κ2) is 4.24. The summed E-state index contributed by atoms with van der Waals surface area (Å²) in [5, 5.41) is 9.17. The first-order valence-electron chi connectivity index (χ1n) is 4.96. The summed E-state index contributed by atoms with van der Waals surface area (Å²) >= 11 is 0. The molecule has 1 heterocycles. The van der Waals surface area contributed by atoms with Crippen LogP contribution in [-0.4, -0.2) is 5.11 Å². The zero-order chi connectivity index (χ0) is 10.7. The lowest BCUT2D eigenvalue weighted by atomic mass is 10.1. The Balaban J connectivity index is 2.46. The lowest BCUT2D eigenvalue weighted by Crippen LogP contribution is -2.32. The van der Waals surface area contributed by atoms with Crippen molar-refractivity contribution in [1.82, 2.24) is 0 Å². The zero-order valence-corrected chi connectivity index (χ0v) is 8.72. The first kappa shape index (κ1) is 9.87. The van der Waals surface area contributed by atoms with Crippen molar-refractivity contribution in [3.63, 3.8) is 0 Å². The van der Waals surface area contributed by atoms with Gasteiger partial charge in [0.05, 0.1) is 0 Å². The number of pyridine rings is 1. The summed E-state index contributed by atoms with van der Waals surface area (Å²) in [4.78, 5) is 0. The molecule has 2 nitrogen and oxygen atoms in total. The van der Waals surface area contributed by atoms with Gasteiger partial charge in [0.2, 0.25) is 5.69 Å². The highest BCUT2D eigenvalue weighted by atomic mass is 16.3. The van der Waals surface area contributed by atoms with Crippen molar-refractivity contribution >= 4 is 0 Å². The molecule has 15 heavy (non-hydrogen) atoms. The van der Waals surface area contributed by atoms with Crippen molar-refractivity contribution in [2.45, 2.75) is 6.61 Å². The second-order valence-electron chi connectivity index (χ2n) is 3.54. The van der Waals surface area contributed by atoms with E-state index in [1.807, 2.05) is 42.1 Å². The molecule has 0 radical (unpaired) electrons. The van der Waals surface area contributed by atoms with E-state index in [9.17, 15) is 0 Å². The van der Waals surface area contributed by atoms with Gasteiger partial charge < -0.3 is 5.11 Å². The quantitative estimate of drug-likeness (QED) is 0.733. The molecule has 76 valence electrons. The summed E-state index contributed by atoms with van der Waals surface area (Å²) in [7, 11) is 1.93. The second-order valence-corrected chi connectivity index (χ2v) is 3.54. The van der Waals surface area contributed by atoms with E-state index in [0.29, 0.717) is 0 Å². The molecule has 2 rings (SSSR count). The van der Waals surface area contributed by atoms with E-state index >= 15 is 0 Å². The highest BCUT2D eigenvalue weighted by molar-refractivity contribution is 5.62. The summed E-state index contributed by atoms with van der Waals surface area (Å²) < 4.78 is 1.92. The third kappa shape index (κ3) is 2.05. The van der Waals surface area contributed by atoms with Gasteiger partial charge in [0.15, 0.2) is 6.20 Å². The first-order chi connectivity index (χ1) is 7.31. The van der Waals surface area contributed by atoms with Gasteiger partial charge in [-0.05, 0) is 11.1 Å². The SMILES string of the molecule is C[n+]1ccc(-c2ccccc2)cc1CO. The van der Waals surface area contributed by atoms with Gasteiger partial charge in [-0.25, -0.2) is 4.57 Å². The van der Waals surface area contributed by atoms with Crippen molar-refractivity contribution in [1.29, 1.82) is 0 Å². The lowest BCUT2D eigenvalue weighted by Gasteiger charge is -2.02. The van der Waals surface area contributed by atoms with Gasteiger partial charge in [-0.1, -0.05) is 30.3 Å². The molecule has 1 aromatic carbocycles. The maximum atomic E-state index is 9.17. The third-order valence-electron chi connectivity index (χ3n) is 2.52. The van der Waals surface area contributed by atoms with Crippen LogP contribution in [0.15, 0.2) is 48.7 Å². The highest BCUT2D eigenvalue weighted by Gasteiger charge is 2.06. The number of benzene rings is 1. The fraction of sp³-hybridized carbons (Fsp3) is 0.154. The van der Waals surface area contributed by atoms with Crippen molar-refractivity contribution < 1.29 is 9.67 Å². The molecule has 0 bridgehead atoms. The molecule has 0 spiro atoms. The van der Waals surface area contributed by atoms with Crippen molar-refractivity contribution in [2.24, 2.45) is 7.05 Å². The molecule has 1 N–H and O–H groups in total. The van der Waals surface area contributed by atoms with Crippen molar-refractivity contribution in [2.75, 3.05) is 0 Å². The monoisotopic (exact) mass is 200 g/mol. The van der Waals surface area contributed by atoms with E-state index in [-0.39, 0.29) is 6.61 Å². The van der Waals surface area contributed by atoms with Crippen LogP contribution in [0.1, 0.15) is 5.69 Å². The van der Waals surface area contributed by atoms with Crippen LogP contribution in [0.25, 0.3) is 11.1 Å². The van der Waals surface area contributed by atoms with E-state index in [1.54, 1.807) is 0 Å². The van der Waals surface area contributed by atoms with Crippen molar-refractivity contribution in [3.8, 4) is 11.1 Å². The molecule has 0 atom stereocenters. The largest absolute Gasteiger partial charge is 0.385 e. The molecule has 1 aromatic heterocycles. The molecule has 0 fully saturated rings. The lowest BCUT2D eigenvalue weighted by molar-refractivity contribution is -0.681. The van der Waals surface area contributed by atoms with Crippen LogP contribution in [0.4, 0.5) is 0 Å². The van der Waals surface area contributed by atoms with Gasteiger partial charge in [-0.2, -0.15) is 0 Å². The Labute approximate surface area is 89.4 Å². The number of aryl methyl sites for hydroxylation is 1.